The number of alkyl carbamates (subject to hydrolysis) is 1. The van der Waals surface area contributed by atoms with Gasteiger partial charge < -0.3 is 20.1 Å². The van der Waals surface area contributed by atoms with Gasteiger partial charge in [0.05, 0.1) is 5.92 Å². The highest BCUT2D eigenvalue weighted by Gasteiger charge is 2.57. The molecule has 7 nitrogen and oxygen atoms in total. The van der Waals surface area contributed by atoms with Crippen LogP contribution in [0.2, 0.25) is 0 Å². The van der Waals surface area contributed by atoms with E-state index < -0.39 is 12.1 Å². The summed E-state index contributed by atoms with van der Waals surface area (Å²) in [4.78, 5) is 38.1. The molecular formula is C26H28N2O5. The number of carbonyl (C=O) groups excluding carboxylic acids is 2. The Morgan fingerprint density at radius 2 is 1.70 bits per heavy atom. The number of amides is 2. The molecule has 33 heavy (non-hydrogen) atoms. The number of carbonyl (C=O) groups is 3. The minimum absolute atomic E-state index is 0.0119. The minimum Gasteiger partial charge on any atom is -0.481 e. The van der Waals surface area contributed by atoms with E-state index in [0.717, 1.165) is 17.5 Å². The topological polar surface area (TPSA) is 95.9 Å². The average molecular weight is 449 g/mol. The van der Waals surface area contributed by atoms with Gasteiger partial charge in [-0.1, -0.05) is 48.5 Å². The molecule has 7 heteroatoms. The number of rotatable bonds is 6. The maximum absolute atomic E-state index is 12.7. The smallest absolute Gasteiger partial charge is 0.407 e. The summed E-state index contributed by atoms with van der Waals surface area (Å²) in [5.74, 6) is -0.852. The maximum atomic E-state index is 12.7. The zero-order valence-corrected chi connectivity index (χ0v) is 18.6. The molecule has 0 radical (unpaired) electrons. The number of benzene rings is 2. The monoisotopic (exact) mass is 448 g/mol. The van der Waals surface area contributed by atoms with Crippen LogP contribution in [0.4, 0.5) is 4.79 Å². The van der Waals surface area contributed by atoms with Crippen LogP contribution >= 0.6 is 0 Å². The van der Waals surface area contributed by atoms with E-state index in [-0.39, 0.29) is 48.6 Å². The summed E-state index contributed by atoms with van der Waals surface area (Å²) in [5.41, 5.74) is 4.65. The SMILES string of the molecule is CC(CC(=O)N1CCC2C(C1)C2C(=O)O)NC(=O)OCC1c2ccccc2-c2ccccc21. The summed E-state index contributed by atoms with van der Waals surface area (Å²) in [6.45, 7) is 3.09. The Morgan fingerprint density at radius 1 is 1.06 bits per heavy atom. The van der Waals surface area contributed by atoms with Crippen LogP contribution in [0.25, 0.3) is 11.1 Å². The van der Waals surface area contributed by atoms with Crippen LogP contribution in [0.3, 0.4) is 0 Å². The summed E-state index contributed by atoms with van der Waals surface area (Å²) in [6, 6.07) is 16.0. The third kappa shape index (κ3) is 4.08. The molecule has 2 aliphatic carbocycles. The molecule has 1 aliphatic heterocycles. The number of hydrogen-bond donors (Lipinski definition) is 2. The van der Waals surface area contributed by atoms with Crippen LogP contribution < -0.4 is 5.32 Å². The lowest BCUT2D eigenvalue weighted by atomic mass is 9.98. The van der Waals surface area contributed by atoms with Gasteiger partial charge >= 0.3 is 12.1 Å². The van der Waals surface area contributed by atoms with Gasteiger partial charge in [-0.15, -0.1) is 0 Å². The van der Waals surface area contributed by atoms with Crippen molar-refractivity contribution in [2.75, 3.05) is 19.7 Å². The number of likely N-dealkylation sites (tertiary alicyclic amines) is 1. The summed E-state index contributed by atoms with van der Waals surface area (Å²) < 4.78 is 5.56. The summed E-state index contributed by atoms with van der Waals surface area (Å²) >= 11 is 0. The maximum Gasteiger partial charge on any atom is 0.407 e. The summed E-state index contributed by atoms with van der Waals surface area (Å²) in [6.07, 6.45) is 0.366. The number of hydrogen-bond acceptors (Lipinski definition) is 4. The molecule has 1 heterocycles. The quantitative estimate of drug-likeness (QED) is 0.705. The standard InChI is InChI=1S/C26H28N2O5/c1-15(12-23(29)28-11-10-20-21(13-28)24(20)25(30)31)27-26(32)33-14-22-18-8-4-2-6-16(18)17-7-3-5-9-19(17)22/h2-9,15,20-22,24H,10-14H2,1H3,(H,27,32)(H,30,31). The molecule has 0 bridgehead atoms. The fraction of sp³-hybridized carbons (Fsp3) is 0.423. The number of aliphatic carboxylic acids is 1. The Morgan fingerprint density at radius 3 is 2.33 bits per heavy atom. The number of ether oxygens (including phenoxy) is 1. The molecule has 5 rings (SSSR count). The van der Waals surface area contributed by atoms with Gasteiger partial charge in [-0.25, -0.2) is 4.79 Å². The zero-order chi connectivity index (χ0) is 23.1. The molecule has 1 saturated carbocycles. The van der Waals surface area contributed by atoms with Crippen LogP contribution in [0.15, 0.2) is 48.5 Å². The Bertz CT molecular complexity index is 1050. The Balaban J connectivity index is 1.12. The van der Waals surface area contributed by atoms with Crippen LogP contribution in [0.1, 0.15) is 36.8 Å². The fourth-order valence-electron chi connectivity index (χ4n) is 5.61. The van der Waals surface area contributed by atoms with E-state index in [4.69, 9.17) is 4.74 Å². The highest BCUT2D eigenvalue weighted by atomic mass is 16.5. The van der Waals surface area contributed by atoms with Gasteiger partial charge in [0.25, 0.3) is 0 Å². The molecule has 2 N–H and O–H groups in total. The number of nitrogens with one attached hydrogen (secondary N) is 1. The van der Waals surface area contributed by atoms with Crippen molar-refractivity contribution in [3.8, 4) is 11.1 Å². The Labute approximate surface area is 192 Å². The van der Waals surface area contributed by atoms with Crippen LogP contribution in [-0.4, -0.2) is 53.7 Å². The number of carboxylic acid groups (broad SMARTS) is 1. The first kappa shape index (κ1) is 21.5. The molecule has 2 amide bonds. The lowest BCUT2D eigenvalue weighted by Crippen LogP contribution is -2.42. The number of fused-ring (bicyclic) bond motifs is 4. The summed E-state index contributed by atoms with van der Waals surface area (Å²) in [5, 5.41) is 12.0. The van der Waals surface area contributed by atoms with Gasteiger partial charge in [0.15, 0.2) is 0 Å². The van der Waals surface area contributed by atoms with Crippen LogP contribution in [0, 0.1) is 17.8 Å². The fourth-order valence-corrected chi connectivity index (χ4v) is 5.61. The van der Waals surface area contributed by atoms with Crippen LogP contribution in [-0.2, 0) is 14.3 Å². The molecule has 2 fully saturated rings. The van der Waals surface area contributed by atoms with Crippen molar-refractivity contribution < 1.29 is 24.2 Å². The van der Waals surface area contributed by atoms with Gasteiger partial charge in [0.2, 0.25) is 5.91 Å². The van der Waals surface area contributed by atoms with Crippen molar-refractivity contribution in [1.29, 1.82) is 0 Å². The van der Waals surface area contributed by atoms with E-state index in [2.05, 4.69) is 29.6 Å². The van der Waals surface area contributed by atoms with Crippen molar-refractivity contribution >= 4 is 18.0 Å². The largest absolute Gasteiger partial charge is 0.481 e. The highest BCUT2D eigenvalue weighted by molar-refractivity contribution is 5.80. The predicted molar refractivity (Wildman–Crippen MR) is 122 cm³/mol. The zero-order valence-electron chi connectivity index (χ0n) is 18.6. The Hall–Kier alpha value is -3.35. The van der Waals surface area contributed by atoms with E-state index in [9.17, 15) is 19.5 Å². The normalized spacial score (nSPS) is 23.7. The molecule has 2 aromatic carbocycles. The molecule has 4 unspecified atom stereocenters. The van der Waals surface area contributed by atoms with Gasteiger partial charge in [0, 0.05) is 31.5 Å². The second kappa shape index (κ2) is 8.54. The van der Waals surface area contributed by atoms with Gasteiger partial charge in [-0.05, 0) is 47.4 Å². The molecule has 1 saturated heterocycles. The molecule has 2 aromatic rings. The minimum atomic E-state index is -0.760. The van der Waals surface area contributed by atoms with E-state index >= 15 is 0 Å². The first-order valence-corrected chi connectivity index (χ1v) is 11.6. The summed E-state index contributed by atoms with van der Waals surface area (Å²) in [7, 11) is 0. The molecule has 0 spiro atoms. The lowest BCUT2D eigenvalue weighted by molar-refractivity contribution is -0.139. The first-order valence-electron chi connectivity index (χ1n) is 11.6. The van der Waals surface area contributed by atoms with E-state index in [0.29, 0.717) is 13.1 Å². The molecule has 4 atom stereocenters. The van der Waals surface area contributed by atoms with Crippen molar-refractivity contribution in [2.45, 2.75) is 31.7 Å². The van der Waals surface area contributed by atoms with E-state index in [1.807, 2.05) is 24.3 Å². The van der Waals surface area contributed by atoms with Crippen molar-refractivity contribution in [3.63, 3.8) is 0 Å². The number of piperidine rings is 1. The second-order valence-electron chi connectivity index (χ2n) is 9.40. The lowest BCUT2D eigenvalue weighted by Gasteiger charge is -2.27. The van der Waals surface area contributed by atoms with Crippen molar-refractivity contribution in [3.05, 3.63) is 59.7 Å². The molecule has 3 aliphatic rings. The molecule has 172 valence electrons. The number of nitrogens with zero attached hydrogens (tertiary/aromatic N) is 1. The Kier molecular flexibility index (Phi) is 5.56. The van der Waals surface area contributed by atoms with E-state index in [1.165, 1.54) is 11.1 Å². The first-order chi connectivity index (χ1) is 15.9. The predicted octanol–water partition coefficient (Wildman–Crippen LogP) is 3.48. The van der Waals surface area contributed by atoms with Gasteiger partial charge in [0.1, 0.15) is 6.61 Å². The van der Waals surface area contributed by atoms with Gasteiger partial charge in [-0.3, -0.25) is 9.59 Å². The second-order valence-corrected chi connectivity index (χ2v) is 9.40. The van der Waals surface area contributed by atoms with Crippen molar-refractivity contribution in [1.82, 2.24) is 10.2 Å². The van der Waals surface area contributed by atoms with Crippen LogP contribution in [0.5, 0.6) is 0 Å². The average Bonchev–Trinajstić information content (AvgIpc) is 3.45. The third-order valence-electron chi connectivity index (χ3n) is 7.32. The molecular weight excluding hydrogens is 420 g/mol. The highest BCUT2D eigenvalue weighted by Crippen LogP contribution is 2.51. The van der Waals surface area contributed by atoms with Gasteiger partial charge in [-0.2, -0.15) is 0 Å². The van der Waals surface area contributed by atoms with Crippen molar-refractivity contribution in [2.24, 2.45) is 17.8 Å². The van der Waals surface area contributed by atoms with E-state index in [1.54, 1.807) is 11.8 Å². The molecule has 0 aromatic heterocycles. The third-order valence-corrected chi connectivity index (χ3v) is 7.32. The number of carboxylic acids is 1.